The van der Waals surface area contributed by atoms with Crippen LogP contribution in [0.4, 0.5) is 13.2 Å². The number of hydrogen-bond acceptors (Lipinski definition) is 2. The van der Waals surface area contributed by atoms with E-state index in [1.165, 1.54) is 12.1 Å². The van der Waals surface area contributed by atoms with Crippen molar-refractivity contribution >= 4 is 23.4 Å². The molecule has 0 bridgehead atoms. The SMILES string of the molecule is FC(F)(F)Sc1ccc(CCl)o1. The van der Waals surface area contributed by atoms with Crippen LogP contribution in [0.3, 0.4) is 0 Å². The molecule has 0 aromatic carbocycles. The normalized spacial score (nSPS) is 12.0. The van der Waals surface area contributed by atoms with E-state index in [4.69, 9.17) is 16.0 Å². The minimum atomic E-state index is -4.30. The molecule has 0 aliphatic carbocycles. The van der Waals surface area contributed by atoms with Gasteiger partial charge in [-0.15, -0.1) is 11.6 Å². The highest BCUT2D eigenvalue weighted by atomic mass is 35.5. The first-order valence-electron chi connectivity index (χ1n) is 2.91. The second kappa shape index (κ2) is 3.62. The number of rotatable bonds is 2. The van der Waals surface area contributed by atoms with E-state index in [0.717, 1.165) is 0 Å². The van der Waals surface area contributed by atoms with Crippen molar-refractivity contribution in [3.63, 3.8) is 0 Å². The predicted octanol–water partition coefficient (Wildman–Crippen LogP) is 3.63. The largest absolute Gasteiger partial charge is 0.453 e. The number of alkyl halides is 4. The molecule has 1 aromatic rings. The molecule has 6 heteroatoms. The van der Waals surface area contributed by atoms with Crippen molar-refractivity contribution in [2.45, 2.75) is 16.5 Å². The van der Waals surface area contributed by atoms with E-state index in [1.807, 2.05) is 0 Å². The summed E-state index contributed by atoms with van der Waals surface area (Å²) in [5, 5.41) is -0.182. The van der Waals surface area contributed by atoms with Crippen LogP contribution in [0.2, 0.25) is 0 Å². The highest BCUT2D eigenvalue weighted by Gasteiger charge is 2.30. The van der Waals surface area contributed by atoms with E-state index in [9.17, 15) is 13.2 Å². The van der Waals surface area contributed by atoms with E-state index >= 15 is 0 Å². The van der Waals surface area contributed by atoms with E-state index in [2.05, 4.69) is 0 Å². The monoisotopic (exact) mass is 216 g/mol. The lowest BCUT2D eigenvalue weighted by atomic mass is 10.5. The molecule has 0 fully saturated rings. The van der Waals surface area contributed by atoms with Crippen molar-refractivity contribution in [2.24, 2.45) is 0 Å². The first-order chi connectivity index (χ1) is 5.51. The van der Waals surface area contributed by atoms with Gasteiger partial charge in [0.1, 0.15) is 5.76 Å². The van der Waals surface area contributed by atoms with Crippen LogP contribution in [0.5, 0.6) is 0 Å². The zero-order valence-corrected chi connectivity index (χ0v) is 7.26. The fourth-order valence-electron chi connectivity index (χ4n) is 0.599. The standard InChI is InChI=1S/C6H4ClF3OS/c7-3-4-1-2-5(11-4)12-6(8,9)10/h1-2H,3H2. The summed E-state index contributed by atoms with van der Waals surface area (Å²) in [4.78, 5) is 0. The van der Waals surface area contributed by atoms with Crippen LogP contribution in [-0.2, 0) is 5.88 Å². The fraction of sp³-hybridized carbons (Fsp3) is 0.333. The van der Waals surface area contributed by atoms with Crippen molar-refractivity contribution in [1.29, 1.82) is 0 Å². The molecule has 68 valence electrons. The maximum absolute atomic E-state index is 11.7. The number of furan rings is 1. The highest BCUT2D eigenvalue weighted by molar-refractivity contribution is 8.00. The second-order valence-electron chi connectivity index (χ2n) is 1.90. The number of halogens is 4. The van der Waals surface area contributed by atoms with Crippen LogP contribution < -0.4 is 0 Å². The van der Waals surface area contributed by atoms with Crippen LogP contribution in [0.25, 0.3) is 0 Å². The molecule has 0 atom stereocenters. The van der Waals surface area contributed by atoms with Crippen molar-refractivity contribution in [3.8, 4) is 0 Å². The third-order valence-electron chi connectivity index (χ3n) is 0.985. The lowest BCUT2D eigenvalue weighted by Crippen LogP contribution is -1.97. The van der Waals surface area contributed by atoms with Crippen LogP contribution in [0, 0.1) is 0 Å². The first kappa shape index (κ1) is 9.80. The Hall–Kier alpha value is -0.290. The molecule has 1 nitrogen and oxygen atoms in total. The first-order valence-corrected chi connectivity index (χ1v) is 4.27. The Kier molecular flexibility index (Phi) is 2.95. The summed E-state index contributed by atoms with van der Waals surface area (Å²) in [7, 11) is 0. The molecule has 0 amide bonds. The van der Waals surface area contributed by atoms with Crippen LogP contribution in [-0.4, -0.2) is 5.51 Å². The van der Waals surface area contributed by atoms with Gasteiger partial charge in [-0.3, -0.25) is 0 Å². The average Bonchev–Trinajstić information content (AvgIpc) is 2.32. The number of hydrogen-bond donors (Lipinski definition) is 0. The molecule has 1 aromatic heterocycles. The molecular weight excluding hydrogens is 213 g/mol. The third kappa shape index (κ3) is 2.98. The molecule has 0 spiro atoms. The van der Waals surface area contributed by atoms with Crippen LogP contribution in [0.1, 0.15) is 5.76 Å². The average molecular weight is 217 g/mol. The molecule has 0 unspecified atom stereocenters. The lowest BCUT2D eigenvalue weighted by Gasteiger charge is -2.00. The predicted molar refractivity (Wildman–Crippen MR) is 40.2 cm³/mol. The van der Waals surface area contributed by atoms with Gasteiger partial charge in [-0.1, -0.05) is 0 Å². The molecule has 0 N–H and O–H groups in total. The summed E-state index contributed by atoms with van der Waals surface area (Å²) in [5.74, 6) is 0.418. The van der Waals surface area contributed by atoms with Crippen molar-refractivity contribution < 1.29 is 17.6 Å². The molecular formula is C6H4ClF3OS. The maximum atomic E-state index is 11.7. The summed E-state index contributed by atoms with van der Waals surface area (Å²) in [6.07, 6.45) is 0. The van der Waals surface area contributed by atoms with Gasteiger partial charge in [0.25, 0.3) is 0 Å². The quantitative estimate of drug-likeness (QED) is 0.553. The Bertz CT molecular complexity index is 258. The topological polar surface area (TPSA) is 13.1 Å². The molecule has 1 rings (SSSR count). The van der Waals surface area contributed by atoms with Gasteiger partial charge in [-0.2, -0.15) is 13.2 Å². The zero-order chi connectivity index (χ0) is 9.19. The van der Waals surface area contributed by atoms with Gasteiger partial charge in [-0.25, -0.2) is 0 Å². The summed E-state index contributed by atoms with van der Waals surface area (Å²) >= 11 is 5.04. The van der Waals surface area contributed by atoms with Crippen LogP contribution in [0.15, 0.2) is 21.6 Å². The fourth-order valence-corrected chi connectivity index (χ4v) is 1.26. The summed E-state index contributed by atoms with van der Waals surface area (Å²) in [6.45, 7) is 0. The third-order valence-corrected chi connectivity index (χ3v) is 1.90. The minimum absolute atomic E-state index is 0.0818. The molecule has 12 heavy (non-hydrogen) atoms. The van der Waals surface area contributed by atoms with Crippen molar-refractivity contribution in [3.05, 3.63) is 17.9 Å². The van der Waals surface area contributed by atoms with Gasteiger partial charge in [0.15, 0.2) is 5.09 Å². The molecule has 0 radical (unpaired) electrons. The minimum Gasteiger partial charge on any atom is -0.453 e. The van der Waals surface area contributed by atoms with Gasteiger partial charge < -0.3 is 4.42 Å². The summed E-state index contributed by atoms with van der Waals surface area (Å²) < 4.78 is 39.9. The summed E-state index contributed by atoms with van der Waals surface area (Å²) in [5.41, 5.74) is -4.30. The van der Waals surface area contributed by atoms with Gasteiger partial charge >= 0.3 is 5.51 Å². The Labute approximate surface area is 75.9 Å². The van der Waals surface area contributed by atoms with Gasteiger partial charge in [0, 0.05) is 11.8 Å². The van der Waals surface area contributed by atoms with Crippen LogP contribution >= 0.6 is 23.4 Å². The highest BCUT2D eigenvalue weighted by Crippen LogP contribution is 2.37. The van der Waals surface area contributed by atoms with E-state index in [-0.39, 0.29) is 22.7 Å². The summed E-state index contributed by atoms with van der Waals surface area (Å²) in [6, 6.07) is 2.66. The Morgan fingerprint density at radius 1 is 1.42 bits per heavy atom. The van der Waals surface area contributed by atoms with Gasteiger partial charge in [0.05, 0.1) is 5.88 Å². The number of thioether (sulfide) groups is 1. The lowest BCUT2D eigenvalue weighted by molar-refractivity contribution is -0.0335. The van der Waals surface area contributed by atoms with Gasteiger partial charge in [-0.05, 0) is 12.1 Å². The maximum Gasteiger partial charge on any atom is 0.449 e. The van der Waals surface area contributed by atoms with E-state index in [1.54, 1.807) is 0 Å². The smallest absolute Gasteiger partial charge is 0.449 e. The Balaban J connectivity index is 2.64. The molecule has 0 aliphatic heterocycles. The van der Waals surface area contributed by atoms with E-state index in [0.29, 0.717) is 5.76 Å². The van der Waals surface area contributed by atoms with Crippen molar-refractivity contribution in [2.75, 3.05) is 0 Å². The Morgan fingerprint density at radius 2 is 2.08 bits per heavy atom. The van der Waals surface area contributed by atoms with Crippen molar-refractivity contribution in [1.82, 2.24) is 0 Å². The zero-order valence-electron chi connectivity index (χ0n) is 5.69. The van der Waals surface area contributed by atoms with Gasteiger partial charge in [0.2, 0.25) is 0 Å². The second-order valence-corrected chi connectivity index (χ2v) is 3.24. The molecule has 1 heterocycles. The molecule has 0 saturated heterocycles. The molecule has 0 saturated carbocycles. The molecule has 0 aliphatic rings. The van der Waals surface area contributed by atoms with E-state index < -0.39 is 5.51 Å². The Morgan fingerprint density at radius 3 is 2.50 bits per heavy atom.